The van der Waals surface area contributed by atoms with Gasteiger partial charge in [-0.25, -0.2) is 16.8 Å². The molecule has 2 aromatic carbocycles. The van der Waals surface area contributed by atoms with Crippen LogP contribution >= 0.6 is 0 Å². The lowest BCUT2D eigenvalue weighted by atomic mass is 10.3. The van der Waals surface area contributed by atoms with Crippen molar-refractivity contribution in [3.63, 3.8) is 0 Å². The summed E-state index contributed by atoms with van der Waals surface area (Å²) in [5.41, 5.74) is 0. The third kappa shape index (κ3) is 8.53. The molecule has 8 nitrogen and oxygen atoms in total. The van der Waals surface area contributed by atoms with Gasteiger partial charge in [0.1, 0.15) is 17.2 Å². The molecule has 1 aliphatic rings. The molecule has 0 unspecified atom stereocenters. The number of alkyl halides is 3. The first-order chi connectivity index (χ1) is 16.3. The number of benzene rings is 2. The van der Waals surface area contributed by atoms with Crippen molar-refractivity contribution in [1.82, 2.24) is 9.21 Å². The van der Waals surface area contributed by atoms with Crippen LogP contribution in [0.25, 0.3) is 0 Å². The summed E-state index contributed by atoms with van der Waals surface area (Å²) in [4.78, 5) is 2.14. The highest BCUT2D eigenvalue weighted by Gasteiger charge is 2.31. The van der Waals surface area contributed by atoms with E-state index >= 15 is 0 Å². The van der Waals surface area contributed by atoms with Gasteiger partial charge in [0.25, 0.3) is 0 Å². The molecule has 192 valence electrons. The van der Waals surface area contributed by atoms with Crippen LogP contribution in [0, 0.1) is 0 Å². The van der Waals surface area contributed by atoms with Crippen molar-refractivity contribution in [2.75, 3.05) is 39.0 Å². The van der Waals surface area contributed by atoms with E-state index in [4.69, 9.17) is 4.74 Å². The van der Waals surface area contributed by atoms with Crippen LogP contribution in [-0.4, -0.2) is 71.4 Å². The van der Waals surface area contributed by atoms with E-state index in [0.29, 0.717) is 44.9 Å². The Balaban J connectivity index is 1.49. The molecule has 0 amide bonds. The van der Waals surface area contributed by atoms with Gasteiger partial charge in [0.05, 0.1) is 11.2 Å². The molecule has 13 heteroatoms. The second kappa shape index (κ2) is 11.0. The summed E-state index contributed by atoms with van der Waals surface area (Å²) in [6, 6.07) is 10.5. The maximum atomic E-state index is 12.5. The molecule has 0 N–H and O–H groups in total. The molecule has 0 spiro atoms. The Kier molecular flexibility index (Phi) is 8.46. The maximum Gasteiger partial charge on any atom is 0.573 e. The molecule has 1 fully saturated rings. The van der Waals surface area contributed by atoms with E-state index < -0.39 is 26.2 Å². The lowest BCUT2D eigenvalue weighted by Crippen LogP contribution is -2.48. The Morgan fingerprint density at radius 2 is 1.37 bits per heavy atom. The molecule has 1 aliphatic heterocycles. The summed E-state index contributed by atoms with van der Waals surface area (Å²) in [5.74, 6) is 0.187. The number of sulfone groups is 1. The molecule has 0 saturated carbocycles. The standard InChI is InChI=1S/C22H25F3N2O6S2/c1-34(28,29)27-15-13-26(14-16-27)12-2-3-17-35(30,31)21-10-8-19(9-11-21)32-18-4-6-20(7-5-18)33-22(23,24)25/h3-11,17H,2,12-16H2,1H3/b17-3+. The fourth-order valence-electron chi connectivity index (χ4n) is 3.36. The van der Waals surface area contributed by atoms with Crippen molar-refractivity contribution in [1.29, 1.82) is 0 Å². The van der Waals surface area contributed by atoms with E-state index in [0.717, 1.165) is 17.5 Å². The fraction of sp³-hybridized carbons (Fsp3) is 0.364. The number of hydrogen-bond donors (Lipinski definition) is 0. The van der Waals surface area contributed by atoms with Gasteiger partial charge >= 0.3 is 6.36 Å². The Labute approximate surface area is 202 Å². The summed E-state index contributed by atoms with van der Waals surface area (Å²) in [7, 11) is -6.86. The predicted octanol–water partition coefficient (Wildman–Crippen LogP) is 3.63. The van der Waals surface area contributed by atoms with Crippen molar-refractivity contribution in [3.8, 4) is 17.2 Å². The van der Waals surface area contributed by atoms with Gasteiger partial charge < -0.3 is 14.4 Å². The van der Waals surface area contributed by atoms with E-state index in [9.17, 15) is 30.0 Å². The summed E-state index contributed by atoms with van der Waals surface area (Å²) in [6.45, 7) is 2.63. The largest absolute Gasteiger partial charge is 0.573 e. The van der Waals surface area contributed by atoms with Crippen LogP contribution in [0.2, 0.25) is 0 Å². The minimum atomic E-state index is -4.78. The third-order valence-electron chi connectivity index (χ3n) is 5.13. The van der Waals surface area contributed by atoms with Crippen LogP contribution < -0.4 is 9.47 Å². The van der Waals surface area contributed by atoms with Gasteiger partial charge in [0, 0.05) is 38.1 Å². The van der Waals surface area contributed by atoms with E-state index in [1.807, 2.05) is 0 Å². The van der Waals surface area contributed by atoms with Crippen LogP contribution in [-0.2, 0) is 19.9 Å². The third-order valence-corrected chi connectivity index (χ3v) is 7.92. The van der Waals surface area contributed by atoms with E-state index in [2.05, 4.69) is 9.64 Å². The number of hydrogen-bond acceptors (Lipinski definition) is 7. The smallest absolute Gasteiger partial charge is 0.457 e. The first kappa shape index (κ1) is 27.0. The van der Waals surface area contributed by atoms with Gasteiger partial charge in [-0.2, -0.15) is 4.31 Å². The summed E-state index contributed by atoms with van der Waals surface area (Å²) in [5, 5.41) is 1.13. The predicted molar refractivity (Wildman–Crippen MR) is 123 cm³/mol. The molecule has 0 bridgehead atoms. The average molecular weight is 535 g/mol. The van der Waals surface area contributed by atoms with E-state index in [-0.39, 0.29) is 16.4 Å². The van der Waals surface area contributed by atoms with Gasteiger partial charge in [-0.15, -0.1) is 13.2 Å². The van der Waals surface area contributed by atoms with Gasteiger partial charge in [-0.1, -0.05) is 6.08 Å². The van der Waals surface area contributed by atoms with E-state index in [1.54, 1.807) is 6.08 Å². The molecule has 0 atom stereocenters. The second-order valence-corrected chi connectivity index (χ2v) is 11.6. The minimum Gasteiger partial charge on any atom is -0.457 e. The number of rotatable bonds is 9. The zero-order valence-electron chi connectivity index (χ0n) is 18.8. The molecule has 0 aromatic heterocycles. The molecular formula is C22H25F3N2O6S2. The van der Waals surface area contributed by atoms with Gasteiger partial charge in [-0.05, 0) is 55.0 Å². The highest BCUT2D eigenvalue weighted by Crippen LogP contribution is 2.28. The first-order valence-electron chi connectivity index (χ1n) is 10.5. The van der Waals surface area contributed by atoms with Crippen LogP contribution in [0.1, 0.15) is 6.42 Å². The number of ether oxygens (including phenoxy) is 2. The van der Waals surface area contributed by atoms with Crippen LogP contribution in [0.4, 0.5) is 13.2 Å². The van der Waals surface area contributed by atoms with Gasteiger partial charge in [0.15, 0.2) is 9.84 Å². The molecule has 35 heavy (non-hydrogen) atoms. The minimum absolute atomic E-state index is 0.0665. The number of piperazine rings is 1. The van der Waals surface area contributed by atoms with Crippen molar-refractivity contribution in [2.45, 2.75) is 17.7 Å². The SMILES string of the molecule is CS(=O)(=O)N1CCN(CC/C=C/S(=O)(=O)c2ccc(Oc3ccc(OC(F)(F)F)cc3)cc2)CC1. The monoisotopic (exact) mass is 534 g/mol. The molecule has 1 saturated heterocycles. The fourth-order valence-corrected chi connectivity index (χ4v) is 5.25. The topological polar surface area (TPSA) is 93.2 Å². The quantitative estimate of drug-likeness (QED) is 0.485. The molecule has 1 heterocycles. The van der Waals surface area contributed by atoms with Gasteiger partial charge in [0.2, 0.25) is 10.0 Å². The summed E-state index contributed by atoms with van der Waals surface area (Å²) in [6.07, 6.45) is -1.54. The van der Waals surface area contributed by atoms with Crippen LogP contribution in [0.15, 0.2) is 64.9 Å². The zero-order valence-corrected chi connectivity index (χ0v) is 20.4. The summed E-state index contributed by atoms with van der Waals surface area (Å²) < 4.78 is 95.6. The maximum absolute atomic E-state index is 12.5. The van der Waals surface area contributed by atoms with Crippen LogP contribution in [0.5, 0.6) is 17.2 Å². The lowest BCUT2D eigenvalue weighted by Gasteiger charge is -2.32. The molecule has 0 aliphatic carbocycles. The normalized spacial score (nSPS) is 16.5. The number of nitrogens with zero attached hydrogens (tertiary/aromatic N) is 2. The molecular weight excluding hydrogens is 509 g/mol. The highest BCUT2D eigenvalue weighted by atomic mass is 32.2. The molecule has 3 rings (SSSR count). The Hall–Kier alpha value is -2.61. The van der Waals surface area contributed by atoms with E-state index in [1.165, 1.54) is 47.0 Å². The van der Waals surface area contributed by atoms with Crippen molar-refractivity contribution >= 4 is 19.9 Å². The van der Waals surface area contributed by atoms with Gasteiger partial charge in [-0.3, -0.25) is 0 Å². The summed E-state index contributed by atoms with van der Waals surface area (Å²) >= 11 is 0. The molecule has 2 aromatic rings. The average Bonchev–Trinajstić information content (AvgIpc) is 2.77. The number of sulfonamides is 1. The Morgan fingerprint density at radius 1 is 0.857 bits per heavy atom. The van der Waals surface area contributed by atoms with Crippen molar-refractivity contribution in [2.24, 2.45) is 0 Å². The Morgan fingerprint density at radius 3 is 1.89 bits per heavy atom. The van der Waals surface area contributed by atoms with Crippen LogP contribution in [0.3, 0.4) is 0 Å². The lowest BCUT2D eigenvalue weighted by molar-refractivity contribution is -0.274. The van der Waals surface area contributed by atoms with Crippen molar-refractivity contribution in [3.05, 3.63) is 60.0 Å². The Bertz CT molecular complexity index is 1220. The highest BCUT2D eigenvalue weighted by molar-refractivity contribution is 7.94. The second-order valence-electron chi connectivity index (χ2n) is 7.80. The van der Waals surface area contributed by atoms with Crippen molar-refractivity contribution < 1.29 is 39.5 Å². The molecule has 0 radical (unpaired) electrons. The first-order valence-corrected chi connectivity index (χ1v) is 13.9. The zero-order chi connectivity index (χ0) is 25.7. The number of halogens is 3.